The summed E-state index contributed by atoms with van der Waals surface area (Å²) in [5, 5.41) is 10.0. The fourth-order valence-corrected chi connectivity index (χ4v) is 2.97. The van der Waals surface area contributed by atoms with Crippen LogP contribution in [-0.2, 0) is 7.05 Å². The average molecular weight is 389 g/mol. The van der Waals surface area contributed by atoms with Crippen LogP contribution in [0.25, 0.3) is 22.2 Å². The molecule has 0 saturated carbocycles. The first-order valence-electron chi connectivity index (χ1n) is 9.00. The van der Waals surface area contributed by atoms with Crippen LogP contribution in [0.2, 0.25) is 0 Å². The van der Waals surface area contributed by atoms with Gasteiger partial charge in [0.15, 0.2) is 5.82 Å². The Morgan fingerprint density at radius 2 is 1.83 bits per heavy atom. The van der Waals surface area contributed by atoms with Crippen molar-refractivity contribution in [3.8, 4) is 17.0 Å². The number of imidazole rings is 1. The summed E-state index contributed by atoms with van der Waals surface area (Å²) in [5.74, 6) is 0.324. The molecule has 0 atom stereocenters. The van der Waals surface area contributed by atoms with Gasteiger partial charge in [0.05, 0.1) is 23.7 Å². The lowest BCUT2D eigenvalue weighted by molar-refractivity contribution is 0.102. The minimum Gasteiger partial charge on any atom is -0.516 e. The quantitative estimate of drug-likeness (QED) is 0.527. The number of aromatic nitrogens is 4. The third-order valence-corrected chi connectivity index (χ3v) is 4.35. The third-order valence-electron chi connectivity index (χ3n) is 4.35. The number of amides is 1. The molecular weight excluding hydrogens is 375 g/mol. The average Bonchev–Trinajstić information content (AvgIpc) is 3.12. The molecular formula is C20H14B3N5O2. The number of benzene rings is 2. The molecule has 4 aromatic rings. The largest absolute Gasteiger partial charge is 0.516 e. The lowest BCUT2D eigenvalue weighted by Gasteiger charge is -2.23. The van der Waals surface area contributed by atoms with Crippen molar-refractivity contribution in [2.75, 3.05) is 5.32 Å². The summed E-state index contributed by atoms with van der Waals surface area (Å²) in [6, 6.07) is 13.8. The van der Waals surface area contributed by atoms with E-state index in [2.05, 4.69) is 20.5 Å². The van der Waals surface area contributed by atoms with Gasteiger partial charge < -0.3 is 14.6 Å². The summed E-state index contributed by atoms with van der Waals surface area (Å²) in [4.78, 5) is 16.7. The third kappa shape index (κ3) is 4.37. The highest BCUT2D eigenvalue weighted by atomic mass is 16.5. The molecule has 4 rings (SSSR count). The van der Waals surface area contributed by atoms with Gasteiger partial charge in [-0.3, -0.25) is 4.79 Å². The number of hydrogen-bond acceptors (Lipinski definition) is 5. The van der Waals surface area contributed by atoms with Gasteiger partial charge in [-0.25, -0.2) is 4.98 Å². The van der Waals surface area contributed by atoms with E-state index in [4.69, 9.17) is 28.3 Å². The fraction of sp³-hybridized carbons (Fsp3) is 0.100. The second-order valence-corrected chi connectivity index (χ2v) is 6.83. The van der Waals surface area contributed by atoms with E-state index in [1.54, 1.807) is 42.9 Å². The van der Waals surface area contributed by atoms with Crippen LogP contribution in [0.4, 0.5) is 5.82 Å². The van der Waals surface area contributed by atoms with E-state index >= 15 is 0 Å². The van der Waals surface area contributed by atoms with Crippen molar-refractivity contribution in [2.24, 2.45) is 7.05 Å². The van der Waals surface area contributed by atoms with Crippen molar-refractivity contribution < 1.29 is 9.53 Å². The van der Waals surface area contributed by atoms with E-state index < -0.39 is 5.30 Å². The van der Waals surface area contributed by atoms with Crippen LogP contribution >= 0.6 is 0 Å². The van der Waals surface area contributed by atoms with Crippen molar-refractivity contribution in [1.29, 1.82) is 0 Å². The van der Waals surface area contributed by atoms with Crippen LogP contribution in [0.5, 0.6) is 5.75 Å². The summed E-state index contributed by atoms with van der Waals surface area (Å²) < 4.78 is 7.05. The normalized spacial score (nSPS) is 11.4. The lowest BCUT2D eigenvalue weighted by Crippen LogP contribution is -2.37. The molecule has 1 amide bonds. The molecule has 7 nitrogen and oxygen atoms in total. The zero-order valence-electron chi connectivity index (χ0n) is 16.1. The molecule has 0 saturated heterocycles. The lowest BCUT2D eigenvalue weighted by atomic mass is 9.52. The summed E-state index contributed by atoms with van der Waals surface area (Å²) in [6.07, 6.45) is 3.52. The van der Waals surface area contributed by atoms with Crippen molar-refractivity contribution in [3.63, 3.8) is 0 Å². The number of fused-ring (bicyclic) bond motifs is 1. The zero-order valence-corrected chi connectivity index (χ0v) is 16.1. The van der Waals surface area contributed by atoms with E-state index in [0.29, 0.717) is 22.6 Å². The second kappa shape index (κ2) is 7.70. The number of nitrogens with one attached hydrogen (secondary N) is 1. The number of aryl methyl sites for hydroxylation is 1. The van der Waals surface area contributed by atoms with Crippen LogP contribution in [0.1, 0.15) is 10.4 Å². The number of carbonyl (C=O) groups excluding carboxylic acids is 1. The molecule has 6 radical (unpaired) electrons. The predicted octanol–water partition coefficient (Wildman–Crippen LogP) is 1.78. The molecule has 2 aromatic carbocycles. The Hall–Kier alpha value is -3.55. The smallest absolute Gasteiger partial charge is 0.256 e. The van der Waals surface area contributed by atoms with E-state index in [-0.39, 0.29) is 5.91 Å². The van der Waals surface area contributed by atoms with Crippen LogP contribution in [0, 0.1) is 0 Å². The maximum atomic E-state index is 12.5. The van der Waals surface area contributed by atoms with E-state index in [1.165, 1.54) is 0 Å². The van der Waals surface area contributed by atoms with Gasteiger partial charge in [-0.15, -0.1) is 10.2 Å². The molecule has 2 heterocycles. The molecule has 0 fully saturated rings. The molecule has 0 aliphatic heterocycles. The maximum absolute atomic E-state index is 12.5. The van der Waals surface area contributed by atoms with E-state index in [1.807, 2.05) is 29.8 Å². The monoisotopic (exact) mass is 389 g/mol. The maximum Gasteiger partial charge on any atom is 0.256 e. The minimum atomic E-state index is -1.79. The fourth-order valence-electron chi connectivity index (χ4n) is 2.97. The molecule has 0 spiro atoms. The zero-order chi connectivity index (χ0) is 21.3. The number of rotatable bonds is 5. The Labute approximate surface area is 177 Å². The van der Waals surface area contributed by atoms with Gasteiger partial charge >= 0.3 is 0 Å². The van der Waals surface area contributed by atoms with Gasteiger partial charge in [0, 0.05) is 23.6 Å². The number of hydrogen-bond donors (Lipinski definition) is 1. The molecule has 30 heavy (non-hydrogen) atoms. The summed E-state index contributed by atoms with van der Waals surface area (Å²) in [5.41, 5.74) is 3.07. The van der Waals surface area contributed by atoms with E-state index in [0.717, 1.165) is 16.6 Å². The highest BCUT2D eigenvalue weighted by molar-refractivity contribution is 6.58. The first-order valence-corrected chi connectivity index (χ1v) is 9.00. The Morgan fingerprint density at radius 3 is 2.50 bits per heavy atom. The standard InChI is InChI=1S/C20H14B3N5O2/c1-28-11-24-10-17(28)13-4-7-16-14(8-13)9-18(27-26-16)25-19(29)12-2-5-15(6-3-12)30-20(21,22)23/h2-11H,1H3,(H,25,27,29). The van der Waals surface area contributed by atoms with E-state index in [9.17, 15) is 4.79 Å². The van der Waals surface area contributed by atoms with Crippen LogP contribution < -0.4 is 10.1 Å². The molecule has 0 bridgehead atoms. The Morgan fingerprint density at radius 1 is 1.07 bits per heavy atom. The highest BCUT2D eigenvalue weighted by Gasteiger charge is 2.13. The number of carbonyl (C=O) groups is 1. The van der Waals surface area contributed by atoms with Gasteiger partial charge in [0.2, 0.25) is 0 Å². The Bertz CT molecular complexity index is 1220. The van der Waals surface area contributed by atoms with Gasteiger partial charge in [0.1, 0.15) is 29.3 Å². The molecule has 0 unspecified atom stereocenters. The topological polar surface area (TPSA) is 81.9 Å². The summed E-state index contributed by atoms with van der Waals surface area (Å²) >= 11 is 0. The molecule has 0 aliphatic rings. The van der Waals surface area contributed by atoms with Gasteiger partial charge in [-0.2, -0.15) is 0 Å². The number of ether oxygens (including phenoxy) is 1. The number of nitrogens with zero attached hydrogens (tertiary/aromatic N) is 4. The van der Waals surface area contributed by atoms with Gasteiger partial charge in [-0.05, 0) is 47.8 Å². The predicted molar refractivity (Wildman–Crippen MR) is 117 cm³/mol. The molecule has 1 N–H and O–H groups in total. The Balaban J connectivity index is 1.54. The molecule has 10 heteroatoms. The van der Waals surface area contributed by atoms with Crippen molar-refractivity contribution in [3.05, 3.63) is 66.6 Å². The van der Waals surface area contributed by atoms with Crippen LogP contribution in [-0.4, -0.2) is 54.5 Å². The second-order valence-electron chi connectivity index (χ2n) is 6.83. The molecule has 140 valence electrons. The van der Waals surface area contributed by atoms with Gasteiger partial charge in [-0.1, -0.05) is 6.07 Å². The van der Waals surface area contributed by atoms with Crippen molar-refractivity contribution in [1.82, 2.24) is 19.7 Å². The summed E-state index contributed by atoms with van der Waals surface area (Å²) in [7, 11) is 18.1. The first-order chi connectivity index (χ1) is 14.3. The summed E-state index contributed by atoms with van der Waals surface area (Å²) in [6.45, 7) is 0. The van der Waals surface area contributed by atoms with Crippen molar-refractivity contribution in [2.45, 2.75) is 5.30 Å². The highest BCUT2D eigenvalue weighted by Crippen LogP contribution is 2.24. The van der Waals surface area contributed by atoms with Crippen LogP contribution in [0.15, 0.2) is 61.1 Å². The molecule has 2 aromatic heterocycles. The Kier molecular flexibility index (Phi) is 5.07. The number of anilines is 1. The first kappa shape index (κ1) is 19.8. The van der Waals surface area contributed by atoms with Crippen molar-refractivity contribution >= 4 is 46.2 Å². The molecule has 0 aliphatic carbocycles. The van der Waals surface area contributed by atoms with Gasteiger partial charge in [0.25, 0.3) is 5.91 Å². The SMILES string of the molecule is [B]C([B])([B])Oc1ccc(C(=O)Nc2cc3cc(-c4cncn4C)ccc3nn2)cc1. The van der Waals surface area contributed by atoms with Crippen LogP contribution in [0.3, 0.4) is 0 Å². The minimum absolute atomic E-state index is 0.333.